The van der Waals surface area contributed by atoms with Crippen molar-refractivity contribution in [1.29, 1.82) is 0 Å². The lowest BCUT2D eigenvalue weighted by Gasteiger charge is -2.22. The first kappa shape index (κ1) is 20.8. The number of likely N-dealkylation sites (N-methyl/N-ethyl adjacent to an activating group) is 1. The quantitative estimate of drug-likeness (QED) is 0.177. The molecular formula is C24H30N6O+2. The molecule has 9 N–H and O–H groups in total. The zero-order valence-electron chi connectivity index (χ0n) is 17.9. The van der Waals surface area contributed by atoms with Gasteiger partial charge in [-0.05, 0) is 61.1 Å². The van der Waals surface area contributed by atoms with Crippen molar-refractivity contribution in [3.63, 3.8) is 0 Å². The molecule has 7 nitrogen and oxygen atoms in total. The molecule has 0 fully saturated rings. The van der Waals surface area contributed by atoms with Gasteiger partial charge in [0.05, 0.1) is 36.0 Å². The Morgan fingerprint density at radius 2 is 1.84 bits per heavy atom. The summed E-state index contributed by atoms with van der Waals surface area (Å²) in [6.07, 6.45) is 5.76. The number of aryl methyl sites for hydroxylation is 1. The summed E-state index contributed by atoms with van der Waals surface area (Å²) in [5.41, 5.74) is 27.0. The average Bonchev–Trinajstić information content (AvgIpc) is 2.78. The van der Waals surface area contributed by atoms with E-state index in [2.05, 4.69) is 0 Å². The molecule has 1 aliphatic rings. The SMILES string of the molecule is C[N+](CCO)=C(N)c1cc(-c2nc3ccc(N)c(C=[NH2+])c3c3c2CCCC3)ccc1N. The van der Waals surface area contributed by atoms with Crippen molar-refractivity contribution in [2.75, 3.05) is 31.7 Å². The lowest BCUT2D eigenvalue weighted by atomic mass is 9.84. The van der Waals surface area contributed by atoms with E-state index in [9.17, 15) is 5.11 Å². The lowest BCUT2D eigenvalue weighted by Crippen LogP contribution is -2.30. The standard InChI is InChI=1S/C24H28N6O/c1-30(10-11-31)24(28)17-12-14(6-7-19(17)26)23-16-5-3-2-4-15(16)22-18(13-25)20(27)8-9-21(22)29-23/h6-9,12-13,31H,2-5,10-11H2,1H3,(H6,25,26,27,28,29)/p+2. The van der Waals surface area contributed by atoms with E-state index in [1.54, 1.807) is 10.8 Å². The third-order valence-electron chi connectivity index (χ3n) is 6.16. The Labute approximate surface area is 181 Å². The van der Waals surface area contributed by atoms with Gasteiger partial charge in [0, 0.05) is 22.3 Å². The maximum Gasteiger partial charge on any atom is 0.276 e. The summed E-state index contributed by atoms with van der Waals surface area (Å²) < 4.78 is 1.80. The number of amidine groups is 1. The molecule has 7 heteroatoms. The largest absolute Gasteiger partial charge is 0.398 e. The second-order valence-corrected chi connectivity index (χ2v) is 8.09. The molecule has 4 rings (SSSR count). The molecule has 0 aliphatic heterocycles. The van der Waals surface area contributed by atoms with Gasteiger partial charge in [-0.3, -0.25) is 15.7 Å². The van der Waals surface area contributed by atoms with Gasteiger partial charge in [0.1, 0.15) is 6.54 Å². The number of nitrogens with two attached hydrogens (primary N) is 4. The number of pyridine rings is 1. The summed E-state index contributed by atoms with van der Waals surface area (Å²) >= 11 is 0. The van der Waals surface area contributed by atoms with Crippen LogP contribution in [-0.4, -0.2) is 46.9 Å². The first-order valence-electron chi connectivity index (χ1n) is 10.6. The molecule has 0 saturated heterocycles. The average molecular weight is 419 g/mol. The molecule has 0 bridgehead atoms. The van der Waals surface area contributed by atoms with Gasteiger partial charge < -0.3 is 16.6 Å². The van der Waals surface area contributed by atoms with Crippen LogP contribution in [0.1, 0.15) is 35.1 Å². The normalized spacial score (nSPS) is 14.3. The molecule has 31 heavy (non-hydrogen) atoms. The highest BCUT2D eigenvalue weighted by Crippen LogP contribution is 2.37. The van der Waals surface area contributed by atoms with E-state index in [0.29, 0.717) is 23.8 Å². The third-order valence-corrected chi connectivity index (χ3v) is 6.16. The Kier molecular flexibility index (Phi) is 5.61. The maximum absolute atomic E-state index is 9.26. The van der Waals surface area contributed by atoms with E-state index in [0.717, 1.165) is 59.0 Å². The maximum atomic E-state index is 9.26. The van der Waals surface area contributed by atoms with E-state index >= 15 is 0 Å². The van der Waals surface area contributed by atoms with Gasteiger partial charge in [-0.2, -0.15) is 0 Å². The number of rotatable bonds is 5. The molecular weight excluding hydrogens is 388 g/mol. The van der Waals surface area contributed by atoms with E-state index < -0.39 is 0 Å². The minimum Gasteiger partial charge on any atom is -0.398 e. The second-order valence-electron chi connectivity index (χ2n) is 8.09. The highest BCUT2D eigenvalue weighted by Gasteiger charge is 2.23. The van der Waals surface area contributed by atoms with Crippen LogP contribution in [0.5, 0.6) is 0 Å². The zero-order chi connectivity index (χ0) is 22.1. The summed E-state index contributed by atoms with van der Waals surface area (Å²) in [6, 6.07) is 9.68. The van der Waals surface area contributed by atoms with Gasteiger partial charge in [-0.25, -0.2) is 4.98 Å². The van der Waals surface area contributed by atoms with Crippen LogP contribution >= 0.6 is 0 Å². The summed E-state index contributed by atoms with van der Waals surface area (Å²) in [7, 11) is 1.84. The minimum atomic E-state index is 0.0140. The highest BCUT2D eigenvalue weighted by atomic mass is 16.3. The Morgan fingerprint density at radius 3 is 2.55 bits per heavy atom. The van der Waals surface area contributed by atoms with Gasteiger partial charge in [0.25, 0.3) is 5.84 Å². The molecule has 0 atom stereocenters. The second kappa shape index (κ2) is 8.35. The van der Waals surface area contributed by atoms with Gasteiger partial charge >= 0.3 is 0 Å². The van der Waals surface area contributed by atoms with Gasteiger partial charge in [0.15, 0.2) is 6.21 Å². The number of benzene rings is 2. The summed E-state index contributed by atoms with van der Waals surface area (Å²) in [5, 5.41) is 16.3. The highest BCUT2D eigenvalue weighted by molar-refractivity contribution is 6.05. The number of aromatic nitrogens is 1. The predicted molar refractivity (Wildman–Crippen MR) is 126 cm³/mol. The predicted octanol–water partition coefficient (Wildman–Crippen LogP) is 0.463. The van der Waals surface area contributed by atoms with Crippen molar-refractivity contribution < 1.29 is 15.1 Å². The number of fused-ring (bicyclic) bond motifs is 3. The van der Waals surface area contributed by atoms with E-state index in [1.807, 2.05) is 37.4 Å². The van der Waals surface area contributed by atoms with Crippen molar-refractivity contribution in [2.24, 2.45) is 5.73 Å². The van der Waals surface area contributed by atoms with Crippen LogP contribution in [0.15, 0.2) is 30.3 Å². The molecule has 0 saturated carbocycles. The van der Waals surface area contributed by atoms with Crippen LogP contribution in [0, 0.1) is 0 Å². The van der Waals surface area contributed by atoms with E-state index in [1.165, 1.54) is 11.1 Å². The number of hydrogen-bond acceptors (Lipinski definition) is 4. The molecule has 1 aliphatic carbocycles. The fourth-order valence-electron chi connectivity index (χ4n) is 4.48. The fourth-order valence-corrected chi connectivity index (χ4v) is 4.48. The lowest BCUT2D eigenvalue weighted by molar-refractivity contribution is -0.500. The molecule has 160 valence electrons. The van der Waals surface area contributed by atoms with Crippen LogP contribution in [0.25, 0.3) is 22.2 Å². The van der Waals surface area contributed by atoms with Crippen LogP contribution in [0.3, 0.4) is 0 Å². The Hall–Kier alpha value is -3.45. The van der Waals surface area contributed by atoms with E-state index in [-0.39, 0.29) is 6.61 Å². The number of nitrogens with zero attached hydrogens (tertiary/aromatic N) is 2. The van der Waals surface area contributed by atoms with Crippen molar-refractivity contribution in [1.82, 2.24) is 4.98 Å². The zero-order valence-corrected chi connectivity index (χ0v) is 17.9. The van der Waals surface area contributed by atoms with E-state index in [4.69, 9.17) is 27.6 Å². The smallest absolute Gasteiger partial charge is 0.276 e. The summed E-state index contributed by atoms with van der Waals surface area (Å²) in [5.74, 6) is 0.524. The third kappa shape index (κ3) is 3.61. The summed E-state index contributed by atoms with van der Waals surface area (Å²) in [4.78, 5) is 5.04. The first-order valence-corrected chi connectivity index (χ1v) is 10.6. The minimum absolute atomic E-state index is 0.0140. The van der Waals surface area contributed by atoms with Crippen LogP contribution in [-0.2, 0) is 12.8 Å². The molecule has 0 radical (unpaired) electrons. The molecule has 1 aromatic heterocycles. The molecule has 2 aromatic carbocycles. The molecule has 3 aromatic rings. The number of anilines is 2. The van der Waals surface area contributed by atoms with Crippen molar-refractivity contribution >= 4 is 34.3 Å². The molecule has 0 unspecified atom stereocenters. The Bertz CT molecular complexity index is 1210. The number of aliphatic hydroxyl groups is 1. The number of aliphatic hydroxyl groups excluding tert-OH is 1. The van der Waals surface area contributed by atoms with Crippen molar-refractivity contribution in [3.05, 3.63) is 52.6 Å². The molecule has 0 amide bonds. The van der Waals surface area contributed by atoms with Gasteiger partial charge in [-0.1, -0.05) is 6.07 Å². The Balaban J connectivity index is 1.98. The summed E-state index contributed by atoms with van der Waals surface area (Å²) in [6.45, 7) is 0.444. The number of hydrogen-bond donors (Lipinski definition) is 5. The van der Waals surface area contributed by atoms with Gasteiger partial charge in [-0.15, -0.1) is 0 Å². The van der Waals surface area contributed by atoms with Gasteiger partial charge in [0.2, 0.25) is 0 Å². The number of nitrogen functional groups attached to an aromatic ring is 2. The fraction of sp³-hybridized carbons (Fsp3) is 0.292. The van der Waals surface area contributed by atoms with Crippen molar-refractivity contribution in [3.8, 4) is 11.3 Å². The van der Waals surface area contributed by atoms with Crippen LogP contribution in [0.4, 0.5) is 11.4 Å². The monoisotopic (exact) mass is 418 g/mol. The molecule has 0 spiro atoms. The topological polar surface area (TPSA) is 140 Å². The van der Waals surface area contributed by atoms with Crippen LogP contribution < -0.4 is 22.6 Å². The van der Waals surface area contributed by atoms with Crippen molar-refractivity contribution in [2.45, 2.75) is 25.7 Å². The molecule has 1 heterocycles. The first-order chi connectivity index (χ1) is 15.0. The Morgan fingerprint density at radius 1 is 1.13 bits per heavy atom. The van der Waals surface area contributed by atoms with Crippen LogP contribution in [0.2, 0.25) is 0 Å².